The predicted octanol–water partition coefficient (Wildman–Crippen LogP) is 19.5. The molecule has 74 heavy (non-hydrogen) atoms. The molecule has 1 heterocycles. The van der Waals surface area contributed by atoms with E-state index in [1.165, 1.54) is 111 Å². The Bertz CT molecular complexity index is 4160. The van der Waals surface area contributed by atoms with Crippen molar-refractivity contribution in [2.24, 2.45) is 0 Å². The second-order valence-corrected chi connectivity index (χ2v) is 21.3. The number of hydrogen-bond acceptors (Lipinski definition) is 1. The number of benzene rings is 11. The minimum atomic E-state index is -0.0916. The summed E-state index contributed by atoms with van der Waals surface area (Å²) in [5.41, 5.74) is 27.1. The van der Waals surface area contributed by atoms with Crippen molar-refractivity contribution in [3.63, 3.8) is 0 Å². The molecule has 0 saturated carbocycles. The standard InChI is InChI=1S/C72H54N2/c1-71(2)65-24-13-11-22-59(65)61-38-32-53(44-67(61)71)50-30-35-56(36-31-50)73(57-21-15-18-51(42-57)54-33-39-62-60-23-12-14-25-66(60)72(3,4)68(62)45-54)58-37-41-70-64(46-58)63-43-52(34-40-69(63)74(70)55-19-9-6-10-20-55)49-28-26-48(27-29-49)47-16-7-5-8-17-47/h5-46H,1-4H3. The van der Waals surface area contributed by atoms with Gasteiger partial charge in [0.25, 0.3) is 0 Å². The molecule has 352 valence electrons. The third kappa shape index (κ3) is 6.93. The summed E-state index contributed by atoms with van der Waals surface area (Å²) in [6.45, 7) is 9.44. The number of aromatic nitrogens is 1. The molecule has 0 bridgehead atoms. The van der Waals surface area contributed by atoms with Crippen LogP contribution in [0.4, 0.5) is 17.1 Å². The Labute approximate surface area is 434 Å². The second-order valence-electron chi connectivity index (χ2n) is 21.3. The summed E-state index contributed by atoms with van der Waals surface area (Å²) in [5, 5.41) is 2.41. The van der Waals surface area contributed by atoms with Crippen molar-refractivity contribution in [1.82, 2.24) is 4.57 Å². The summed E-state index contributed by atoms with van der Waals surface area (Å²) >= 11 is 0. The second kappa shape index (κ2) is 16.8. The number of rotatable bonds is 8. The van der Waals surface area contributed by atoms with Crippen LogP contribution in [-0.4, -0.2) is 4.57 Å². The van der Waals surface area contributed by atoms with Gasteiger partial charge in [0.15, 0.2) is 0 Å². The van der Waals surface area contributed by atoms with Gasteiger partial charge in [0.2, 0.25) is 0 Å². The van der Waals surface area contributed by atoms with Gasteiger partial charge in [-0.1, -0.05) is 204 Å². The third-order valence-electron chi connectivity index (χ3n) is 16.4. The van der Waals surface area contributed by atoms with E-state index in [1.54, 1.807) is 0 Å². The molecule has 1 aromatic heterocycles. The lowest BCUT2D eigenvalue weighted by molar-refractivity contribution is 0.660. The van der Waals surface area contributed by atoms with Gasteiger partial charge in [-0.05, 0) is 168 Å². The van der Waals surface area contributed by atoms with Crippen molar-refractivity contribution >= 4 is 38.9 Å². The topological polar surface area (TPSA) is 8.17 Å². The van der Waals surface area contributed by atoms with Gasteiger partial charge in [-0.15, -0.1) is 0 Å². The van der Waals surface area contributed by atoms with Crippen LogP contribution in [0.2, 0.25) is 0 Å². The van der Waals surface area contributed by atoms with E-state index < -0.39 is 0 Å². The SMILES string of the molecule is CC1(C)c2ccccc2-c2ccc(-c3ccc(N(c4cccc(-c5ccc6c(c5)C(C)(C)c5ccccc5-6)c4)c4ccc5c(c4)c4cc(-c6ccc(-c7ccccc7)cc6)ccc4n5-c4ccccc4)cc3)cc21. The van der Waals surface area contributed by atoms with E-state index in [0.717, 1.165) is 22.7 Å². The molecule has 11 aromatic carbocycles. The highest BCUT2D eigenvalue weighted by Crippen LogP contribution is 2.52. The van der Waals surface area contributed by atoms with Crippen LogP contribution < -0.4 is 4.90 Å². The van der Waals surface area contributed by atoms with Crippen molar-refractivity contribution < 1.29 is 0 Å². The molecule has 14 rings (SSSR count). The molecular weight excluding hydrogens is 893 g/mol. The van der Waals surface area contributed by atoms with Crippen molar-refractivity contribution in [2.75, 3.05) is 4.90 Å². The van der Waals surface area contributed by atoms with E-state index in [2.05, 4.69) is 292 Å². The van der Waals surface area contributed by atoms with Crippen LogP contribution >= 0.6 is 0 Å². The lowest BCUT2D eigenvalue weighted by Crippen LogP contribution is -2.15. The monoisotopic (exact) mass is 946 g/mol. The van der Waals surface area contributed by atoms with Crippen LogP contribution in [0.15, 0.2) is 255 Å². The maximum atomic E-state index is 2.44. The van der Waals surface area contributed by atoms with Gasteiger partial charge in [0.05, 0.1) is 11.0 Å². The van der Waals surface area contributed by atoms with Crippen molar-refractivity contribution in [1.29, 1.82) is 0 Å². The molecule has 0 aliphatic heterocycles. The van der Waals surface area contributed by atoms with Crippen molar-refractivity contribution in [3.05, 3.63) is 277 Å². The Morgan fingerprint density at radius 2 is 0.662 bits per heavy atom. The van der Waals surface area contributed by atoms with Gasteiger partial charge in [-0.3, -0.25) is 0 Å². The van der Waals surface area contributed by atoms with Gasteiger partial charge in [-0.25, -0.2) is 0 Å². The van der Waals surface area contributed by atoms with E-state index >= 15 is 0 Å². The van der Waals surface area contributed by atoms with E-state index in [4.69, 9.17) is 0 Å². The minimum absolute atomic E-state index is 0.0711. The minimum Gasteiger partial charge on any atom is -0.310 e. The molecular formula is C72H54N2. The zero-order valence-corrected chi connectivity index (χ0v) is 42.1. The molecule has 0 N–H and O–H groups in total. The van der Waals surface area contributed by atoms with E-state index in [-0.39, 0.29) is 10.8 Å². The fourth-order valence-corrected chi connectivity index (χ4v) is 12.5. The Balaban J connectivity index is 0.914. The molecule has 0 fully saturated rings. The highest BCUT2D eigenvalue weighted by molar-refractivity contribution is 6.12. The molecule has 0 saturated heterocycles. The maximum Gasteiger partial charge on any atom is 0.0542 e. The zero-order valence-electron chi connectivity index (χ0n) is 42.1. The Kier molecular flexibility index (Phi) is 9.94. The smallest absolute Gasteiger partial charge is 0.0542 e. The fraction of sp³-hybridized carbons (Fsp3) is 0.0833. The van der Waals surface area contributed by atoms with E-state index in [0.29, 0.717) is 0 Å². The average molecular weight is 947 g/mol. The van der Waals surface area contributed by atoms with Crippen LogP contribution in [-0.2, 0) is 10.8 Å². The number of fused-ring (bicyclic) bond motifs is 9. The molecule has 2 nitrogen and oxygen atoms in total. The molecule has 0 radical (unpaired) electrons. The summed E-state index contributed by atoms with van der Waals surface area (Å²) in [5.74, 6) is 0. The average Bonchev–Trinajstić information content (AvgIpc) is 4.02. The molecule has 0 amide bonds. The predicted molar refractivity (Wildman–Crippen MR) is 312 cm³/mol. The van der Waals surface area contributed by atoms with Gasteiger partial charge >= 0.3 is 0 Å². The molecule has 12 aromatic rings. The van der Waals surface area contributed by atoms with Crippen molar-refractivity contribution in [2.45, 2.75) is 38.5 Å². The van der Waals surface area contributed by atoms with Crippen LogP contribution in [0, 0.1) is 0 Å². The number of para-hydroxylation sites is 1. The maximum absolute atomic E-state index is 2.44. The summed E-state index contributed by atoms with van der Waals surface area (Å²) < 4.78 is 2.42. The fourth-order valence-electron chi connectivity index (χ4n) is 12.5. The molecule has 0 atom stereocenters. The highest BCUT2D eigenvalue weighted by atomic mass is 15.1. The van der Waals surface area contributed by atoms with Crippen LogP contribution in [0.3, 0.4) is 0 Å². The first-order valence-electron chi connectivity index (χ1n) is 26.0. The Morgan fingerprint density at radius 1 is 0.270 bits per heavy atom. The third-order valence-corrected chi connectivity index (χ3v) is 16.4. The Hall–Kier alpha value is -8.98. The summed E-state index contributed by atoms with van der Waals surface area (Å²) in [7, 11) is 0. The molecule has 0 spiro atoms. The van der Waals surface area contributed by atoms with E-state index in [9.17, 15) is 0 Å². The van der Waals surface area contributed by atoms with Gasteiger partial charge in [0, 0.05) is 44.4 Å². The Morgan fingerprint density at radius 3 is 1.28 bits per heavy atom. The van der Waals surface area contributed by atoms with Gasteiger partial charge in [0.1, 0.15) is 0 Å². The van der Waals surface area contributed by atoms with E-state index in [1.807, 2.05) is 0 Å². The first-order chi connectivity index (χ1) is 36.2. The lowest BCUT2D eigenvalue weighted by atomic mass is 9.81. The summed E-state index contributed by atoms with van der Waals surface area (Å²) in [4.78, 5) is 2.44. The van der Waals surface area contributed by atoms with Crippen LogP contribution in [0.1, 0.15) is 49.9 Å². The lowest BCUT2D eigenvalue weighted by Gasteiger charge is -2.27. The largest absolute Gasteiger partial charge is 0.310 e. The quantitative estimate of drug-likeness (QED) is 0.147. The molecule has 2 heteroatoms. The normalized spacial score (nSPS) is 13.6. The molecule has 2 aliphatic carbocycles. The first kappa shape index (κ1) is 43.8. The first-order valence-corrected chi connectivity index (χ1v) is 26.0. The molecule has 2 aliphatic rings. The number of hydrogen-bond donors (Lipinski definition) is 0. The zero-order chi connectivity index (χ0) is 49.7. The number of nitrogens with zero attached hydrogens (tertiary/aromatic N) is 2. The van der Waals surface area contributed by atoms with Crippen molar-refractivity contribution in [3.8, 4) is 72.4 Å². The highest BCUT2D eigenvalue weighted by Gasteiger charge is 2.36. The van der Waals surface area contributed by atoms with Gasteiger partial charge < -0.3 is 9.47 Å². The number of anilines is 3. The van der Waals surface area contributed by atoms with Gasteiger partial charge in [-0.2, -0.15) is 0 Å². The molecule has 0 unspecified atom stereocenters. The van der Waals surface area contributed by atoms with Crippen LogP contribution in [0.5, 0.6) is 0 Å². The van der Waals surface area contributed by atoms with Crippen LogP contribution in [0.25, 0.3) is 94.3 Å². The summed E-state index contributed by atoms with van der Waals surface area (Å²) in [6, 6.07) is 94.6. The summed E-state index contributed by atoms with van der Waals surface area (Å²) in [6.07, 6.45) is 0.